The molecule has 0 spiro atoms. The monoisotopic (exact) mass is 295 g/mol. The van der Waals surface area contributed by atoms with Crippen LogP contribution < -0.4 is 0 Å². The van der Waals surface area contributed by atoms with Crippen LogP contribution in [0.2, 0.25) is 0 Å². The van der Waals surface area contributed by atoms with Crippen LogP contribution in [0.5, 0.6) is 0 Å². The van der Waals surface area contributed by atoms with Gasteiger partial charge in [-0.1, -0.05) is 6.92 Å². The Labute approximate surface area is 121 Å². The fourth-order valence-corrected chi connectivity index (χ4v) is 3.18. The van der Waals surface area contributed by atoms with Crippen LogP contribution in [0.15, 0.2) is 4.90 Å². The van der Waals surface area contributed by atoms with E-state index in [-0.39, 0.29) is 29.6 Å². The van der Waals surface area contributed by atoms with E-state index in [0.29, 0.717) is 35.5 Å². The van der Waals surface area contributed by atoms with Gasteiger partial charge in [0.25, 0.3) is 0 Å². The first kappa shape index (κ1) is 14.8. The predicted molar refractivity (Wildman–Crippen MR) is 75.7 cm³/mol. The lowest BCUT2D eigenvalue weighted by Crippen LogP contribution is -2.07. The molecule has 0 atom stereocenters. The van der Waals surface area contributed by atoms with Crippen molar-refractivity contribution in [3.63, 3.8) is 0 Å². The molecular weight excluding hydrogens is 278 g/mol. The molecule has 1 heterocycles. The molecular formula is C14H17NO4S. The number of H-pyrrole nitrogens is 1. The quantitative estimate of drug-likeness (QED) is 0.525. The number of fused-ring (bicyclic) bond motifs is 1. The van der Waals surface area contributed by atoms with Gasteiger partial charge in [-0.25, -0.2) is 4.79 Å². The summed E-state index contributed by atoms with van der Waals surface area (Å²) in [6.45, 7) is 3.90. The van der Waals surface area contributed by atoms with Gasteiger partial charge in [-0.2, -0.15) is 0 Å². The number of nitrogens with one attached hydrogen (secondary N) is 1. The normalized spacial score (nSPS) is 14.9. The highest BCUT2D eigenvalue weighted by Crippen LogP contribution is 2.34. The Bertz CT molecular complexity index is 562. The van der Waals surface area contributed by atoms with Crippen LogP contribution in [0.3, 0.4) is 0 Å². The Kier molecular flexibility index (Phi) is 4.65. The van der Waals surface area contributed by atoms with Crippen LogP contribution in [0, 0.1) is 0 Å². The van der Waals surface area contributed by atoms with Crippen LogP contribution in [-0.4, -0.2) is 34.9 Å². The standard InChI is InChI=1S/C14H17NO4S/c1-3-19-14(18)12-13(20-4-2)10-8(16)6-5-7-9(17)11(10)15-12/h15H,3-7H2,1-2H3. The lowest BCUT2D eigenvalue weighted by Gasteiger charge is -2.04. The average molecular weight is 295 g/mol. The number of aromatic amines is 1. The van der Waals surface area contributed by atoms with E-state index >= 15 is 0 Å². The van der Waals surface area contributed by atoms with Crippen LogP contribution in [-0.2, 0) is 4.74 Å². The molecule has 0 amide bonds. The van der Waals surface area contributed by atoms with Crippen molar-refractivity contribution in [1.82, 2.24) is 4.98 Å². The number of carbonyl (C=O) groups excluding carboxylic acids is 3. The third kappa shape index (κ3) is 2.65. The van der Waals surface area contributed by atoms with Crippen LogP contribution in [0.4, 0.5) is 0 Å². The molecule has 20 heavy (non-hydrogen) atoms. The molecule has 0 fully saturated rings. The van der Waals surface area contributed by atoms with Crippen molar-refractivity contribution >= 4 is 29.3 Å². The summed E-state index contributed by atoms with van der Waals surface area (Å²) in [5.74, 6) is 0.00288. The number of aromatic nitrogens is 1. The molecule has 2 rings (SSSR count). The van der Waals surface area contributed by atoms with E-state index in [2.05, 4.69) is 4.98 Å². The summed E-state index contributed by atoms with van der Waals surface area (Å²) in [4.78, 5) is 39.6. The second-order valence-electron chi connectivity index (χ2n) is 4.43. The summed E-state index contributed by atoms with van der Waals surface area (Å²) in [5.41, 5.74) is 0.876. The molecule has 6 heteroatoms. The maximum Gasteiger partial charge on any atom is 0.355 e. The first-order chi connectivity index (χ1) is 9.60. The Balaban J connectivity index is 2.57. The number of esters is 1. The first-order valence-electron chi connectivity index (χ1n) is 6.72. The molecule has 0 aromatic carbocycles. The highest BCUT2D eigenvalue weighted by molar-refractivity contribution is 7.99. The van der Waals surface area contributed by atoms with Gasteiger partial charge in [-0.15, -0.1) is 11.8 Å². The Morgan fingerprint density at radius 3 is 2.60 bits per heavy atom. The summed E-state index contributed by atoms with van der Waals surface area (Å²) >= 11 is 1.39. The van der Waals surface area contributed by atoms with Crippen LogP contribution >= 0.6 is 11.8 Å². The Morgan fingerprint density at radius 1 is 1.25 bits per heavy atom. The fourth-order valence-electron chi connectivity index (χ4n) is 2.25. The SMILES string of the molecule is CCOC(=O)c1[nH]c2c(c1SCC)C(=O)CCCC2=O. The van der Waals surface area contributed by atoms with Gasteiger partial charge in [0.1, 0.15) is 5.69 Å². The van der Waals surface area contributed by atoms with E-state index in [1.54, 1.807) is 6.92 Å². The molecule has 1 N–H and O–H groups in total. The zero-order chi connectivity index (χ0) is 14.7. The smallest absolute Gasteiger partial charge is 0.355 e. The zero-order valence-corrected chi connectivity index (χ0v) is 12.4. The summed E-state index contributed by atoms with van der Waals surface area (Å²) in [6.07, 6.45) is 1.24. The largest absolute Gasteiger partial charge is 0.461 e. The van der Waals surface area contributed by atoms with Crippen molar-refractivity contribution in [2.24, 2.45) is 0 Å². The molecule has 0 saturated carbocycles. The number of hydrogen-bond donors (Lipinski definition) is 1. The van der Waals surface area contributed by atoms with E-state index in [4.69, 9.17) is 4.74 Å². The molecule has 5 nitrogen and oxygen atoms in total. The molecule has 108 valence electrons. The molecule has 0 radical (unpaired) electrons. The van der Waals surface area contributed by atoms with Crippen LogP contribution in [0.25, 0.3) is 0 Å². The van der Waals surface area contributed by atoms with Gasteiger partial charge < -0.3 is 9.72 Å². The number of rotatable bonds is 4. The molecule has 0 bridgehead atoms. The maximum absolute atomic E-state index is 12.2. The van der Waals surface area contributed by atoms with E-state index in [1.165, 1.54) is 11.8 Å². The second-order valence-corrected chi connectivity index (χ2v) is 5.71. The van der Waals surface area contributed by atoms with Crippen molar-refractivity contribution in [2.45, 2.75) is 38.0 Å². The van der Waals surface area contributed by atoms with Crippen LogP contribution in [0.1, 0.15) is 64.4 Å². The average Bonchev–Trinajstić information content (AvgIpc) is 2.72. The van der Waals surface area contributed by atoms with E-state index < -0.39 is 5.97 Å². The second kappa shape index (κ2) is 6.26. The third-order valence-corrected chi connectivity index (χ3v) is 4.07. The fraction of sp³-hybridized carbons (Fsp3) is 0.500. The topological polar surface area (TPSA) is 76.2 Å². The number of ketones is 2. The molecule has 1 aromatic rings. The van der Waals surface area contributed by atoms with Gasteiger partial charge in [0.15, 0.2) is 11.6 Å². The highest BCUT2D eigenvalue weighted by atomic mass is 32.2. The molecule has 0 unspecified atom stereocenters. The summed E-state index contributed by atoms with van der Waals surface area (Å²) in [7, 11) is 0. The van der Waals surface area contributed by atoms with E-state index in [0.717, 1.165) is 0 Å². The summed E-state index contributed by atoms with van der Waals surface area (Å²) in [6, 6.07) is 0. The number of ether oxygens (including phenoxy) is 1. The third-order valence-electron chi connectivity index (χ3n) is 3.09. The van der Waals surface area contributed by atoms with E-state index in [1.807, 2.05) is 6.92 Å². The van der Waals surface area contributed by atoms with Crippen molar-refractivity contribution in [1.29, 1.82) is 0 Å². The zero-order valence-electron chi connectivity index (χ0n) is 11.6. The highest BCUT2D eigenvalue weighted by Gasteiger charge is 2.31. The molecule has 1 aromatic heterocycles. The molecule has 1 aliphatic carbocycles. The van der Waals surface area contributed by atoms with Gasteiger partial charge in [0.2, 0.25) is 0 Å². The predicted octanol–water partition coefficient (Wildman–Crippen LogP) is 2.85. The van der Waals surface area contributed by atoms with Gasteiger partial charge in [0, 0.05) is 12.8 Å². The van der Waals surface area contributed by atoms with Crippen molar-refractivity contribution in [3.8, 4) is 0 Å². The number of carbonyl (C=O) groups is 3. The Morgan fingerprint density at radius 2 is 1.95 bits per heavy atom. The Hall–Kier alpha value is -1.56. The number of thioether (sulfide) groups is 1. The summed E-state index contributed by atoms with van der Waals surface area (Å²) in [5, 5.41) is 0. The lowest BCUT2D eigenvalue weighted by molar-refractivity contribution is 0.0516. The van der Waals surface area contributed by atoms with Crippen molar-refractivity contribution < 1.29 is 19.1 Å². The van der Waals surface area contributed by atoms with Crippen molar-refractivity contribution in [3.05, 3.63) is 17.0 Å². The molecule has 1 aliphatic rings. The molecule has 0 aliphatic heterocycles. The van der Waals surface area contributed by atoms with Gasteiger partial charge in [-0.05, 0) is 19.1 Å². The minimum absolute atomic E-state index is 0.0754. The minimum Gasteiger partial charge on any atom is -0.461 e. The number of Topliss-reactive ketones (excluding diaryl/α,β-unsaturated/α-hetero) is 2. The maximum atomic E-state index is 12.2. The first-order valence-corrected chi connectivity index (χ1v) is 7.70. The minimum atomic E-state index is -0.517. The van der Waals surface area contributed by atoms with Crippen molar-refractivity contribution in [2.75, 3.05) is 12.4 Å². The van der Waals surface area contributed by atoms with E-state index in [9.17, 15) is 14.4 Å². The number of hydrogen-bond acceptors (Lipinski definition) is 5. The van der Waals surface area contributed by atoms with Gasteiger partial charge >= 0.3 is 5.97 Å². The lowest BCUT2D eigenvalue weighted by atomic mass is 10.1. The van der Waals surface area contributed by atoms with Gasteiger partial charge in [-0.3, -0.25) is 9.59 Å². The summed E-state index contributed by atoms with van der Waals surface area (Å²) < 4.78 is 4.99. The van der Waals surface area contributed by atoms with Gasteiger partial charge in [0.05, 0.1) is 22.8 Å². The molecule has 0 saturated heterocycles.